The molecule has 0 N–H and O–H groups in total. The average Bonchev–Trinajstić information content (AvgIpc) is 4.14. The molecular weight excluding hydrogens is 872 g/mol. The molecule has 0 atom stereocenters. The summed E-state index contributed by atoms with van der Waals surface area (Å²) in [6.45, 7) is 0. The van der Waals surface area contributed by atoms with Crippen LogP contribution in [0, 0.1) is 11.3 Å². The Labute approximate surface area is 397 Å². The number of hydrogen-bond acceptors (Lipinski definition) is 1. The van der Waals surface area contributed by atoms with Crippen LogP contribution in [0.25, 0.3) is 121 Å². The maximum absolute atomic E-state index is 14.6. The standard InChI is InChI=1S/C62H36F3N5/c63-62(64,65)40-17-15-16-38(34-40)51-36-57(70-55-29-14-10-25-46(55)50-33-31-48-44-23-8-12-27-53(44)68(59(48)61(50)70)42-20-5-2-6-21-42)56(35-39(51)37-66)69-54-28-13-9-24-45(54)49-32-30-47-43-22-7-11-26-52(43)67(58(47)60(49)69)41-18-3-1-4-19-41/h1-36H. The predicted molar refractivity (Wildman–Crippen MR) is 279 cm³/mol. The summed E-state index contributed by atoms with van der Waals surface area (Å²) >= 11 is 0. The van der Waals surface area contributed by atoms with E-state index < -0.39 is 11.7 Å². The summed E-state index contributed by atoms with van der Waals surface area (Å²) in [6, 6.07) is 74.6. The number of aromatic nitrogens is 4. The van der Waals surface area contributed by atoms with Crippen LogP contribution in [-0.2, 0) is 6.18 Å². The smallest absolute Gasteiger partial charge is 0.307 e. The minimum Gasteiger partial charge on any atom is -0.307 e. The quantitative estimate of drug-likeness (QED) is 0.170. The molecule has 0 aliphatic heterocycles. The van der Waals surface area contributed by atoms with Crippen molar-refractivity contribution in [2.75, 3.05) is 0 Å². The SMILES string of the molecule is N#Cc1cc(-n2c3ccccc3c3ccc4c5ccccc5n(-c5ccccc5)c4c32)c(-n2c3ccccc3c3ccc4c5ccccc5n(-c5ccccc5)c4c32)cc1-c1cccc(C(F)(F)F)c1. The number of para-hydroxylation sites is 6. The second-order valence-corrected chi connectivity index (χ2v) is 17.9. The molecule has 0 fully saturated rings. The fraction of sp³-hybridized carbons (Fsp3) is 0.0161. The predicted octanol–water partition coefficient (Wildman–Crippen LogP) is 16.6. The van der Waals surface area contributed by atoms with Crippen LogP contribution < -0.4 is 0 Å². The minimum absolute atomic E-state index is 0.240. The van der Waals surface area contributed by atoms with Gasteiger partial charge < -0.3 is 18.3 Å². The lowest BCUT2D eigenvalue weighted by atomic mass is 9.96. The third-order valence-electron chi connectivity index (χ3n) is 14.2. The lowest BCUT2D eigenvalue weighted by Gasteiger charge is -2.21. The van der Waals surface area contributed by atoms with Gasteiger partial charge >= 0.3 is 6.18 Å². The van der Waals surface area contributed by atoms with Crippen molar-refractivity contribution in [3.05, 3.63) is 230 Å². The Morgan fingerprint density at radius 1 is 0.343 bits per heavy atom. The highest BCUT2D eigenvalue weighted by molar-refractivity contribution is 6.26. The zero-order valence-electron chi connectivity index (χ0n) is 37.2. The summed E-state index contributed by atoms with van der Waals surface area (Å²) < 4.78 is 52.9. The molecule has 0 saturated carbocycles. The van der Waals surface area contributed by atoms with Gasteiger partial charge in [0.25, 0.3) is 0 Å². The summed E-state index contributed by atoms with van der Waals surface area (Å²) in [7, 11) is 0. The van der Waals surface area contributed by atoms with Crippen molar-refractivity contribution >= 4 is 87.2 Å². The van der Waals surface area contributed by atoms with Gasteiger partial charge in [-0.25, -0.2) is 0 Å². The van der Waals surface area contributed by atoms with Gasteiger partial charge in [-0.2, -0.15) is 18.4 Å². The Bertz CT molecular complexity index is 4520. The molecule has 10 aromatic carbocycles. The number of fused-ring (bicyclic) bond motifs is 14. The van der Waals surface area contributed by atoms with Crippen LogP contribution in [0.2, 0.25) is 0 Å². The van der Waals surface area contributed by atoms with E-state index in [4.69, 9.17) is 0 Å². The van der Waals surface area contributed by atoms with E-state index in [1.54, 1.807) is 6.07 Å². The van der Waals surface area contributed by atoms with Crippen LogP contribution in [0.4, 0.5) is 13.2 Å². The van der Waals surface area contributed by atoms with Crippen molar-refractivity contribution in [3.63, 3.8) is 0 Å². The molecule has 0 amide bonds. The molecule has 5 nitrogen and oxygen atoms in total. The normalized spacial score (nSPS) is 12.2. The van der Waals surface area contributed by atoms with E-state index in [2.05, 4.69) is 146 Å². The summed E-state index contributed by atoms with van der Waals surface area (Å²) in [4.78, 5) is 0. The van der Waals surface area contributed by atoms with Crippen LogP contribution in [-0.4, -0.2) is 18.3 Å². The van der Waals surface area contributed by atoms with Crippen molar-refractivity contribution < 1.29 is 13.2 Å². The number of halogens is 3. The van der Waals surface area contributed by atoms with Crippen molar-refractivity contribution in [1.29, 1.82) is 5.26 Å². The Morgan fingerprint density at radius 2 is 0.714 bits per heavy atom. The van der Waals surface area contributed by atoms with Crippen LogP contribution in [0.15, 0.2) is 218 Å². The maximum atomic E-state index is 14.6. The second kappa shape index (κ2) is 14.8. The zero-order valence-corrected chi connectivity index (χ0v) is 37.2. The lowest BCUT2D eigenvalue weighted by Crippen LogP contribution is -2.07. The van der Waals surface area contributed by atoms with Crippen molar-refractivity contribution in [3.8, 4) is 39.9 Å². The van der Waals surface area contributed by atoms with Gasteiger partial charge in [-0.15, -0.1) is 0 Å². The molecule has 14 aromatic rings. The fourth-order valence-electron chi connectivity index (χ4n) is 11.3. The molecule has 70 heavy (non-hydrogen) atoms. The van der Waals surface area contributed by atoms with E-state index >= 15 is 0 Å². The lowest BCUT2D eigenvalue weighted by molar-refractivity contribution is -0.137. The number of nitriles is 1. The number of rotatable bonds is 5. The Morgan fingerprint density at radius 3 is 1.13 bits per heavy atom. The molecule has 330 valence electrons. The van der Waals surface area contributed by atoms with Gasteiger partial charge in [0, 0.05) is 60.0 Å². The molecule has 14 rings (SSSR count). The average molecular weight is 908 g/mol. The summed E-state index contributed by atoms with van der Waals surface area (Å²) in [6.07, 6.45) is -4.60. The highest BCUT2D eigenvalue weighted by Crippen LogP contribution is 2.47. The van der Waals surface area contributed by atoms with E-state index in [9.17, 15) is 18.4 Å². The Hall–Kier alpha value is -9.32. The first-order valence-corrected chi connectivity index (χ1v) is 23.2. The van der Waals surface area contributed by atoms with Gasteiger partial charge in [-0.05, 0) is 78.4 Å². The van der Waals surface area contributed by atoms with E-state index in [0.29, 0.717) is 16.9 Å². The molecule has 0 unspecified atom stereocenters. The molecule has 0 saturated heterocycles. The van der Waals surface area contributed by atoms with Gasteiger partial charge in [-0.1, -0.05) is 146 Å². The first-order valence-electron chi connectivity index (χ1n) is 23.2. The van der Waals surface area contributed by atoms with Crippen molar-refractivity contribution in [2.45, 2.75) is 6.18 Å². The Balaban J connectivity index is 1.23. The largest absolute Gasteiger partial charge is 0.416 e. The molecule has 4 aromatic heterocycles. The van der Waals surface area contributed by atoms with E-state index in [1.165, 1.54) is 6.07 Å². The van der Waals surface area contributed by atoms with Crippen LogP contribution in [0.5, 0.6) is 0 Å². The van der Waals surface area contributed by atoms with Gasteiger partial charge in [0.15, 0.2) is 0 Å². The molecule has 0 bridgehead atoms. The first kappa shape index (κ1) is 39.8. The number of benzene rings is 10. The summed E-state index contributed by atoms with van der Waals surface area (Å²) in [5, 5.41) is 19.6. The first-order chi connectivity index (χ1) is 34.4. The minimum atomic E-state index is -4.60. The third-order valence-corrected chi connectivity index (χ3v) is 14.2. The second-order valence-electron chi connectivity index (χ2n) is 17.9. The van der Waals surface area contributed by atoms with Crippen LogP contribution in [0.1, 0.15) is 11.1 Å². The molecule has 0 aliphatic rings. The molecule has 4 heterocycles. The van der Waals surface area contributed by atoms with E-state index in [1.807, 2.05) is 72.8 Å². The van der Waals surface area contributed by atoms with Crippen LogP contribution >= 0.6 is 0 Å². The number of hydrogen-bond donors (Lipinski definition) is 0. The zero-order chi connectivity index (χ0) is 46.8. The molecular formula is C62H36F3N5. The van der Waals surface area contributed by atoms with E-state index in [0.717, 1.165) is 111 Å². The summed E-state index contributed by atoms with van der Waals surface area (Å²) in [5.74, 6) is 0. The highest BCUT2D eigenvalue weighted by Gasteiger charge is 2.32. The molecule has 0 aliphatic carbocycles. The van der Waals surface area contributed by atoms with E-state index in [-0.39, 0.29) is 11.1 Å². The monoisotopic (exact) mass is 907 g/mol. The van der Waals surface area contributed by atoms with Crippen molar-refractivity contribution in [1.82, 2.24) is 18.3 Å². The maximum Gasteiger partial charge on any atom is 0.416 e. The molecule has 8 heteroatoms. The topological polar surface area (TPSA) is 43.5 Å². The van der Waals surface area contributed by atoms with Gasteiger partial charge in [0.05, 0.1) is 72.7 Å². The van der Waals surface area contributed by atoms with Gasteiger partial charge in [0.1, 0.15) is 0 Å². The highest BCUT2D eigenvalue weighted by atomic mass is 19.4. The summed E-state index contributed by atoms with van der Waals surface area (Å²) in [5.41, 5.74) is 11.2. The fourth-order valence-corrected chi connectivity index (χ4v) is 11.3. The van der Waals surface area contributed by atoms with Crippen LogP contribution in [0.3, 0.4) is 0 Å². The molecule has 0 spiro atoms. The van der Waals surface area contributed by atoms with Gasteiger partial charge in [-0.3, -0.25) is 0 Å². The molecule has 0 radical (unpaired) electrons. The Kier molecular flexibility index (Phi) is 8.44. The third kappa shape index (κ3) is 5.60. The van der Waals surface area contributed by atoms with Crippen molar-refractivity contribution in [2.24, 2.45) is 0 Å². The van der Waals surface area contributed by atoms with Gasteiger partial charge in [0.2, 0.25) is 0 Å². The number of nitrogens with zero attached hydrogens (tertiary/aromatic N) is 5. The number of alkyl halides is 3.